The van der Waals surface area contributed by atoms with Gasteiger partial charge in [0.25, 0.3) is 10.0 Å². The molecule has 7 heteroatoms. The highest BCUT2D eigenvalue weighted by Crippen LogP contribution is 2.21. The van der Waals surface area contributed by atoms with E-state index in [0.29, 0.717) is 5.56 Å². The molecule has 0 aliphatic carbocycles. The molecule has 0 atom stereocenters. The molecule has 110 valence electrons. The lowest BCUT2D eigenvalue weighted by atomic mass is 10.2. The van der Waals surface area contributed by atoms with Gasteiger partial charge in [-0.05, 0) is 36.8 Å². The maximum atomic E-state index is 13.3. The van der Waals surface area contributed by atoms with Gasteiger partial charge in [0.15, 0.2) is 0 Å². The van der Waals surface area contributed by atoms with Crippen molar-refractivity contribution in [2.24, 2.45) is 5.73 Å². The summed E-state index contributed by atoms with van der Waals surface area (Å²) in [4.78, 5) is -0.0641. The highest BCUT2D eigenvalue weighted by Gasteiger charge is 2.19. The number of sulfonamides is 1. The van der Waals surface area contributed by atoms with Crippen LogP contribution in [0.15, 0.2) is 47.4 Å². The minimum Gasteiger partial charge on any atom is -0.389 e. The van der Waals surface area contributed by atoms with Gasteiger partial charge < -0.3 is 5.73 Å². The largest absolute Gasteiger partial charge is 0.389 e. The highest BCUT2D eigenvalue weighted by molar-refractivity contribution is 7.93. The fourth-order valence-electron chi connectivity index (χ4n) is 1.91. The van der Waals surface area contributed by atoms with E-state index in [2.05, 4.69) is 4.72 Å². The summed E-state index contributed by atoms with van der Waals surface area (Å²) in [6, 6.07) is 10.1. The standard InChI is InChI=1S/C14H13FN2O2S2/c1-9-6-10(15)8-11(7-9)17-21(18,19)13-5-3-2-4-12(13)14(16)20/h2-8,17H,1H3,(H2,16,20). The Morgan fingerprint density at radius 1 is 1.24 bits per heavy atom. The first-order valence-electron chi connectivity index (χ1n) is 5.98. The molecule has 21 heavy (non-hydrogen) atoms. The fraction of sp³-hybridized carbons (Fsp3) is 0.0714. The van der Waals surface area contributed by atoms with Gasteiger partial charge in [0.05, 0.1) is 10.6 Å². The van der Waals surface area contributed by atoms with E-state index in [0.717, 1.165) is 6.07 Å². The third-order valence-corrected chi connectivity index (χ3v) is 4.40. The van der Waals surface area contributed by atoms with Crippen molar-refractivity contribution in [2.75, 3.05) is 4.72 Å². The zero-order chi connectivity index (χ0) is 15.6. The van der Waals surface area contributed by atoms with Crippen LogP contribution in [-0.4, -0.2) is 13.4 Å². The number of anilines is 1. The van der Waals surface area contributed by atoms with Crippen LogP contribution in [0.25, 0.3) is 0 Å². The lowest BCUT2D eigenvalue weighted by molar-refractivity contribution is 0.601. The topological polar surface area (TPSA) is 72.2 Å². The molecule has 0 aliphatic heterocycles. The molecule has 2 aromatic rings. The van der Waals surface area contributed by atoms with E-state index in [1.54, 1.807) is 19.1 Å². The van der Waals surface area contributed by atoms with Crippen LogP contribution in [-0.2, 0) is 10.0 Å². The van der Waals surface area contributed by atoms with Gasteiger partial charge in [0, 0.05) is 5.56 Å². The first kappa shape index (κ1) is 15.4. The van der Waals surface area contributed by atoms with Crippen molar-refractivity contribution >= 4 is 32.9 Å². The van der Waals surface area contributed by atoms with Crippen molar-refractivity contribution in [3.05, 3.63) is 59.4 Å². The molecule has 0 aromatic heterocycles. The zero-order valence-electron chi connectivity index (χ0n) is 11.1. The third-order valence-electron chi connectivity index (χ3n) is 2.74. The molecule has 0 saturated carbocycles. The van der Waals surface area contributed by atoms with E-state index < -0.39 is 15.8 Å². The van der Waals surface area contributed by atoms with Gasteiger partial charge in [0.1, 0.15) is 10.8 Å². The number of hydrogen-bond donors (Lipinski definition) is 2. The number of nitrogens with two attached hydrogens (primary N) is 1. The second-order valence-electron chi connectivity index (χ2n) is 4.48. The molecule has 0 aliphatic rings. The third kappa shape index (κ3) is 3.56. The zero-order valence-corrected chi connectivity index (χ0v) is 12.8. The number of hydrogen-bond acceptors (Lipinski definition) is 3. The summed E-state index contributed by atoms with van der Waals surface area (Å²) in [7, 11) is -3.91. The van der Waals surface area contributed by atoms with Gasteiger partial charge >= 0.3 is 0 Å². The predicted molar refractivity (Wildman–Crippen MR) is 84.3 cm³/mol. The van der Waals surface area contributed by atoms with E-state index >= 15 is 0 Å². The summed E-state index contributed by atoms with van der Waals surface area (Å²) in [5.74, 6) is -0.518. The second-order valence-corrected chi connectivity index (χ2v) is 6.57. The van der Waals surface area contributed by atoms with Crippen LogP contribution >= 0.6 is 12.2 Å². The van der Waals surface area contributed by atoms with Gasteiger partial charge in [-0.25, -0.2) is 12.8 Å². The Morgan fingerprint density at radius 2 is 1.90 bits per heavy atom. The molecule has 2 aromatic carbocycles. The van der Waals surface area contributed by atoms with Crippen molar-refractivity contribution in [2.45, 2.75) is 11.8 Å². The van der Waals surface area contributed by atoms with Gasteiger partial charge in [-0.15, -0.1) is 0 Å². The fourth-order valence-corrected chi connectivity index (χ4v) is 3.42. The Kier molecular flexibility index (Phi) is 4.24. The van der Waals surface area contributed by atoms with E-state index in [1.807, 2.05) is 0 Å². The van der Waals surface area contributed by atoms with Crippen LogP contribution in [0.2, 0.25) is 0 Å². The highest BCUT2D eigenvalue weighted by atomic mass is 32.2. The summed E-state index contributed by atoms with van der Waals surface area (Å²) in [5.41, 5.74) is 6.53. The van der Waals surface area contributed by atoms with Crippen molar-refractivity contribution in [3.8, 4) is 0 Å². The van der Waals surface area contributed by atoms with E-state index in [-0.39, 0.29) is 21.1 Å². The predicted octanol–water partition coefficient (Wildman–Crippen LogP) is 2.57. The smallest absolute Gasteiger partial charge is 0.262 e. The molecule has 0 saturated heterocycles. The molecule has 0 spiro atoms. The molecule has 0 radical (unpaired) electrons. The summed E-state index contributed by atoms with van der Waals surface area (Å²) in [6.07, 6.45) is 0. The maximum Gasteiger partial charge on any atom is 0.262 e. The Labute approximate surface area is 127 Å². The van der Waals surface area contributed by atoms with E-state index in [4.69, 9.17) is 18.0 Å². The van der Waals surface area contributed by atoms with Crippen LogP contribution in [0.1, 0.15) is 11.1 Å². The van der Waals surface area contributed by atoms with Gasteiger partial charge in [-0.1, -0.05) is 30.4 Å². The maximum absolute atomic E-state index is 13.3. The summed E-state index contributed by atoms with van der Waals surface area (Å²) in [5, 5.41) is 0. The van der Waals surface area contributed by atoms with Crippen LogP contribution in [0.4, 0.5) is 10.1 Å². The van der Waals surface area contributed by atoms with Gasteiger partial charge in [-0.3, -0.25) is 4.72 Å². The molecular formula is C14H13FN2O2S2. The monoisotopic (exact) mass is 324 g/mol. The Morgan fingerprint density at radius 3 is 2.52 bits per heavy atom. The number of halogens is 1. The molecule has 0 bridgehead atoms. The quantitative estimate of drug-likeness (QED) is 0.848. The normalized spacial score (nSPS) is 11.1. The Balaban J connectivity index is 2.46. The van der Waals surface area contributed by atoms with Crippen LogP contribution in [0.3, 0.4) is 0 Å². The molecule has 3 N–H and O–H groups in total. The average molecular weight is 324 g/mol. The SMILES string of the molecule is Cc1cc(F)cc(NS(=O)(=O)c2ccccc2C(N)=S)c1. The van der Waals surface area contributed by atoms with Crippen molar-refractivity contribution < 1.29 is 12.8 Å². The van der Waals surface area contributed by atoms with E-state index in [9.17, 15) is 12.8 Å². The number of nitrogens with one attached hydrogen (secondary N) is 1. The molecular weight excluding hydrogens is 311 g/mol. The minimum absolute atomic E-state index is 0.0219. The second kappa shape index (κ2) is 5.79. The lowest BCUT2D eigenvalue weighted by Crippen LogP contribution is -2.19. The first-order valence-corrected chi connectivity index (χ1v) is 7.87. The first-order chi connectivity index (χ1) is 9.79. The van der Waals surface area contributed by atoms with Crippen LogP contribution in [0.5, 0.6) is 0 Å². The minimum atomic E-state index is -3.91. The van der Waals surface area contributed by atoms with Crippen LogP contribution < -0.4 is 10.5 Å². The summed E-state index contributed by atoms with van der Waals surface area (Å²) >= 11 is 4.85. The summed E-state index contributed by atoms with van der Waals surface area (Å²) in [6.45, 7) is 1.67. The van der Waals surface area contributed by atoms with Crippen molar-refractivity contribution in [1.82, 2.24) is 0 Å². The molecule has 0 fully saturated rings. The molecule has 2 rings (SSSR count). The Bertz CT molecular complexity index is 784. The van der Waals surface area contributed by atoms with Crippen molar-refractivity contribution in [1.29, 1.82) is 0 Å². The molecule has 4 nitrogen and oxygen atoms in total. The average Bonchev–Trinajstić information content (AvgIpc) is 2.36. The molecule has 0 amide bonds. The molecule has 0 heterocycles. The Hall–Kier alpha value is -1.99. The number of rotatable bonds is 4. The van der Waals surface area contributed by atoms with E-state index in [1.165, 1.54) is 24.3 Å². The lowest BCUT2D eigenvalue weighted by Gasteiger charge is -2.12. The number of benzene rings is 2. The number of thiocarbonyl (C=S) groups is 1. The van der Waals surface area contributed by atoms with Crippen LogP contribution in [0, 0.1) is 12.7 Å². The summed E-state index contributed by atoms with van der Waals surface area (Å²) < 4.78 is 40.5. The van der Waals surface area contributed by atoms with Gasteiger partial charge in [-0.2, -0.15) is 0 Å². The van der Waals surface area contributed by atoms with Gasteiger partial charge in [0.2, 0.25) is 0 Å². The van der Waals surface area contributed by atoms with Crippen molar-refractivity contribution in [3.63, 3.8) is 0 Å². The number of aryl methyl sites for hydroxylation is 1. The molecule has 0 unspecified atom stereocenters.